The van der Waals surface area contributed by atoms with E-state index in [0.717, 1.165) is 16.2 Å². The SMILES string of the molecule is O=C(ON1C(CSCc2ccccc2)=NC(c2ccccc2)C1c1ccccc1)C(F)(F)F. The third-order valence-electron chi connectivity index (χ3n) is 5.13. The summed E-state index contributed by atoms with van der Waals surface area (Å²) in [6.45, 7) is 0. The third-order valence-corrected chi connectivity index (χ3v) is 6.13. The number of nitrogens with zero attached hydrogens (tertiary/aromatic N) is 2. The number of aliphatic imine (C=N–C) groups is 1. The van der Waals surface area contributed by atoms with Crippen LogP contribution in [0.5, 0.6) is 0 Å². The highest BCUT2D eigenvalue weighted by atomic mass is 32.2. The average molecular weight is 471 g/mol. The fourth-order valence-electron chi connectivity index (χ4n) is 3.64. The second-order valence-electron chi connectivity index (χ2n) is 7.44. The van der Waals surface area contributed by atoms with Gasteiger partial charge >= 0.3 is 12.1 Å². The molecule has 0 N–H and O–H groups in total. The van der Waals surface area contributed by atoms with Crippen LogP contribution in [0, 0.1) is 0 Å². The van der Waals surface area contributed by atoms with Gasteiger partial charge in [0.05, 0.1) is 5.75 Å². The number of carbonyl (C=O) groups is 1. The van der Waals surface area contributed by atoms with Crippen LogP contribution >= 0.6 is 11.8 Å². The van der Waals surface area contributed by atoms with Gasteiger partial charge < -0.3 is 4.84 Å². The molecule has 1 aliphatic rings. The maximum absolute atomic E-state index is 13.1. The molecule has 0 saturated carbocycles. The van der Waals surface area contributed by atoms with E-state index in [2.05, 4.69) is 0 Å². The Morgan fingerprint density at radius 1 is 0.848 bits per heavy atom. The largest absolute Gasteiger partial charge is 0.493 e. The van der Waals surface area contributed by atoms with Crippen LogP contribution in [-0.2, 0) is 15.4 Å². The predicted molar refractivity (Wildman–Crippen MR) is 122 cm³/mol. The van der Waals surface area contributed by atoms with Gasteiger partial charge in [0.1, 0.15) is 17.9 Å². The molecule has 1 aliphatic heterocycles. The summed E-state index contributed by atoms with van der Waals surface area (Å²) in [5.74, 6) is -1.05. The van der Waals surface area contributed by atoms with Gasteiger partial charge in [-0.3, -0.25) is 4.99 Å². The minimum absolute atomic E-state index is 0.284. The summed E-state index contributed by atoms with van der Waals surface area (Å²) < 4.78 is 39.3. The maximum atomic E-state index is 13.1. The molecule has 3 aromatic carbocycles. The van der Waals surface area contributed by atoms with Crippen molar-refractivity contribution in [3.8, 4) is 0 Å². The van der Waals surface area contributed by atoms with Crippen molar-refractivity contribution in [2.75, 3.05) is 5.75 Å². The summed E-state index contributed by atoms with van der Waals surface area (Å²) in [7, 11) is 0. The number of rotatable bonds is 7. The van der Waals surface area contributed by atoms with Crippen LogP contribution in [0.15, 0.2) is 96.0 Å². The van der Waals surface area contributed by atoms with Crippen molar-refractivity contribution >= 4 is 23.6 Å². The van der Waals surface area contributed by atoms with Gasteiger partial charge in [0.25, 0.3) is 0 Å². The van der Waals surface area contributed by atoms with Crippen LogP contribution in [0.25, 0.3) is 0 Å². The van der Waals surface area contributed by atoms with Crippen LogP contribution in [-0.4, -0.2) is 28.8 Å². The van der Waals surface area contributed by atoms with Crippen LogP contribution in [0.1, 0.15) is 28.8 Å². The van der Waals surface area contributed by atoms with Crippen molar-refractivity contribution in [3.63, 3.8) is 0 Å². The number of hydrogen-bond acceptors (Lipinski definition) is 5. The van der Waals surface area contributed by atoms with Crippen molar-refractivity contribution in [2.24, 2.45) is 4.99 Å². The molecule has 2 atom stereocenters. The molecule has 0 aromatic heterocycles. The van der Waals surface area contributed by atoms with E-state index in [0.29, 0.717) is 11.3 Å². The molecule has 2 unspecified atom stereocenters. The molecule has 0 spiro atoms. The monoisotopic (exact) mass is 470 g/mol. The second kappa shape index (κ2) is 10.1. The summed E-state index contributed by atoms with van der Waals surface area (Å²) in [4.78, 5) is 21.5. The smallest absolute Gasteiger partial charge is 0.330 e. The molecule has 0 aliphatic carbocycles. The first-order valence-corrected chi connectivity index (χ1v) is 11.5. The minimum atomic E-state index is -5.12. The van der Waals surface area contributed by atoms with E-state index in [4.69, 9.17) is 9.83 Å². The number of benzene rings is 3. The predicted octanol–water partition coefficient (Wildman–Crippen LogP) is 6.14. The second-order valence-corrected chi connectivity index (χ2v) is 8.42. The van der Waals surface area contributed by atoms with Gasteiger partial charge in [-0.15, -0.1) is 11.8 Å². The molecule has 0 saturated heterocycles. The Labute approximate surface area is 194 Å². The highest BCUT2D eigenvalue weighted by molar-refractivity contribution is 7.99. The first kappa shape index (κ1) is 22.9. The lowest BCUT2D eigenvalue weighted by molar-refractivity contribution is -0.230. The number of hydroxylamine groups is 2. The summed E-state index contributed by atoms with van der Waals surface area (Å²) in [6, 6.07) is 26.8. The number of amidine groups is 1. The fraction of sp³-hybridized carbons (Fsp3) is 0.200. The molecule has 0 amide bonds. The maximum Gasteiger partial charge on any atom is 0.493 e. The standard InChI is InChI=1S/C25H21F3N2O2S/c26-25(27,28)24(31)32-30-21(17-33-16-18-10-4-1-5-11-18)29-22(19-12-6-2-7-13-19)23(30)20-14-8-3-9-15-20/h1-15,22-23H,16-17H2. The van der Waals surface area contributed by atoms with Gasteiger partial charge in [-0.2, -0.15) is 18.2 Å². The van der Waals surface area contributed by atoms with E-state index in [-0.39, 0.29) is 11.6 Å². The zero-order chi connectivity index (χ0) is 23.3. The highest BCUT2D eigenvalue weighted by Gasteiger charge is 2.47. The Balaban J connectivity index is 1.66. The normalized spacial score (nSPS) is 18.2. The first-order valence-electron chi connectivity index (χ1n) is 10.3. The number of carbonyl (C=O) groups excluding carboxylic acids is 1. The molecule has 33 heavy (non-hydrogen) atoms. The highest BCUT2D eigenvalue weighted by Crippen LogP contribution is 2.43. The van der Waals surface area contributed by atoms with E-state index in [9.17, 15) is 18.0 Å². The Kier molecular flexibility index (Phi) is 7.03. The van der Waals surface area contributed by atoms with E-state index < -0.39 is 24.2 Å². The van der Waals surface area contributed by atoms with Gasteiger partial charge in [0.15, 0.2) is 0 Å². The van der Waals surface area contributed by atoms with Gasteiger partial charge in [0.2, 0.25) is 0 Å². The summed E-state index contributed by atoms with van der Waals surface area (Å²) in [6.07, 6.45) is -5.12. The molecule has 8 heteroatoms. The van der Waals surface area contributed by atoms with E-state index in [1.165, 1.54) is 11.8 Å². The molecule has 4 nitrogen and oxygen atoms in total. The molecule has 4 rings (SSSR count). The van der Waals surface area contributed by atoms with Crippen LogP contribution in [0.3, 0.4) is 0 Å². The van der Waals surface area contributed by atoms with Crippen LogP contribution < -0.4 is 0 Å². The van der Waals surface area contributed by atoms with Crippen molar-refractivity contribution in [1.29, 1.82) is 0 Å². The number of alkyl halides is 3. The molecule has 170 valence electrons. The Morgan fingerprint density at radius 2 is 1.39 bits per heavy atom. The van der Waals surface area contributed by atoms with Gasteiger partial charge in [0, 0.05) is 5.75 Å². The molecule has 0 radical (unpaired) electrons. The Bertz CT molecular complexity index is 1090. The van der Waals surface area contributed by atoms with E-state index in [1.807, 2.05) is 66.7 Å². The number of hydrogen-bond donors (Lipinski definition) is 0. The topological polar surface area (TPSA) is 41.9 Å². The van der Waals surface area contributed by atoms with Gasteiger partial charge in [-0.25, -0.2) is 4.79 Å². The molecular formula is C25H21F3N2O2S. The van der Waals surface area contributed by atoms with E-state index in [1.54, 1.807) is 24.3 Å². The van der Waals surface area contributed by atoms with Crippen molar-refractivity contribution in [1.82, 2.24) is 5.06 Å². The first-order chi connectivity index (χ1) is 15.9. The quantitative estimate of drug-likeness (QED) is 0.416. The zero-order valence-corrected chi connectivity index (χ0v) is 18.3. The zero-order valence-electron chi connectivity index (χ0n) is 17.5. The molecule has 1 heterocycles. The van der Waals surface area contributed by atoms with Gasteiger partial charge in [-0.1, -0.05) is 91.0 Å². The Morgan fingerprint density at radius 3 is 1.97 bits per heavy atom. The van der Waals surface area contributed by atoms with Crippen LogP contribution in [0.2, 0.25) is 0 Å². The van der Waals surface area contributed by atoms with Crippen molar-refractivity contribution in [3.05, 3.63) is 108 Å². The molecule has 0 fully saturated rings. The Hall–Kier alpha value is -3.26. The third kappa shape index (κ3) is 5.57. The lowest BCUT2D eigenvalue weighted by atomic mass is 9.95. The number of thioether (sulfide) groups is 1. The summed E-state index contributed by atoms with van der Waals surface area (Å²) in [5, 5.41) is 1.04. The fourth-order valence-corrected chi connectivity index (χ4v) is 4.55. The average Bonchev–Trinajstić information content (AvgIpc) is 3.18. The van der Waals surface area contributed by atoms with Crippen molar-refractivity contribution in [2.45, 2.75) is 24.0 Å². The molecule has 3 aromatic rings. The van der Waals surface area contributed by atoms with Crippen molar-refractivity contribution < 1.29 is 22.8 Å². The molecular weight excluding hydrogens is 449 g/mol. The molecule has 0 bridgehead atoms. The minimum Gasteiger partial charge on any atom is -0.330 e. The lowest BCUT2D eigenvalue weighted by Gasteiger charge is -2.29. The van der Waals surface area contributed by atoms with Crippen LogP contribution in [0.4, 0.5) is 13.2 Å². The van der Waals surface area contributed by atoms with E-state index >= 15 is 0 Å². The van der Waals surface area contributed by atoms with Gasteiger partial charge in [-0.05, 0) is 16.7 Å². The summed E-state index contributed by atoms with van der Waals surface area (Å²) in [5.41, 5.74) is 2.61. The summed E-state index contributed by atoms with van der Waals surface area (Å²) >= 11 is 1.49. The number of halogens is 3. The lowest BCUT2D eigenvalue weighted by Crippen LogP contribution is -2.39.